The van der Waals surface area contributed by atoms with Crippen LogP contribution in [0.2, 0.25) is 18.1 Å². The summed E-state index contributed by atoms with van der Waals surface area (Å²) in [6.45, 7) is 21.7. The minimum atomic E-state index is -1.95. The van der Waals surface area contributed by atoms with Crippen LogP contribution in [0, 0.1) is 46.8 Å². The molecule has 0 amide bonds. The van der Waals surface area contributed by atoms with Crippen molar-refractivity contribution in [2.75, 3.05) is 11.5 Å². The second-order valence-corrected chi connectivity index (χ2v) is 21.6. The van der Waals surface area contributed by atoms with Gasteiger partial charge in [0.05, 0.1) is 17.1 Å². The van der Waals surface area contributed by atoms with Crippen LogP contribution in [0.3, 0.4) is 0 Å². The van der Waals surface area contributed by atoms with E-state index in [-0.39, 0.29) is 22.7 Å². The summed E-state index contributed by atoms with van der Waals surface area (Å²) < 4.78 is 14.6. The second-order valence-electron chi connectivity index (χ2n) is 14.0. The van der Waals surface area contributed by atoms with Gasteiger partial charge >= 0.3 is 5.97 Å². The van der Waals surface area contributed by atoms with Crippen LogP contribution in [0.5, 0.6) is 0 Å². The second kappa shape index (κ2) is 7.92. The Bertz CT molecular complexity index is 802. The molecule has 0 unspecified atom stereocenters. The summed E-state index contributed by atoms with van der Waals surface area (Å²) in [5.74, 6) is 5.96. The molecule has 5 aliphatic rings. The molecule has 5 rings (SSSR count). The fourth-order valence-electron chi connectivity index (χ4n) is 8.25. The predicted molar refractivity (Wildman–Crippen MR) is 143 cm³/mol. The van der Waals surface area contributed by atoms with Gasteiger partial charge in [-0.3, -0.25) is 4.79 Å². The van der Waals surface area contributed by atoms with E-state index >= 15 is 0 Å². The van der Waals surface area contributed by atoms with Crippen LogP contribution in [0.1, 0.15) is 67.7 Å². The summed E-state index contributed by atoms with van der Waals surface area (Å²) >= 11 is 4.33. The van der Waals surface area contributed by atoms with Gasteiger partial charge in [-0.25, -0.2) is 0 Å². The third-order valence-electron chi connectivity index (χ3n) is 11.0. The van der Waals surface area contributed by atoms with Gasteiger partial charge in [0.15, 0.2) is 8.32 Å². The smallest absolute Gasteiger partial charge is 0.306 e. The average molecular weight is 511 g/mol. The molecular weight excluding hydrogens is 465 g/mol. The van der Waals surface area contributed by atoms with Crippen LogP contribution >= 0.6 is 23.5 Å². The molecule has 33 heavy (non-hydrogen) atoms. The number of esters is 1. The maximum absolute atomic E-state index is 13.1. The van der Waals surface area contributed by atoms with Gasteiger partial charge in [0.1, 0.15) is 5.60 Å². The SMILES string of the molecule is C[C@H]1[C@@H](O[Si](C)(C)C(C)(C)C)[C@H]2[C@H](C)C[C@@H]3[C@H]([C@H](C4SCCCS4)[C@]24OC(=O)C[C@H]14)C3(C)C. The van der Waals surface area contributed by atoms with E-state index < -0.39 is 8.32 Å². The highest BCUT2D eigenvalue weighted by Gasteiger charge is 2.78. The molecule has 6 heteroatoms. The first-order valence-electron chi connectivity index (χ1n) is 13.4. The van der Waals surface area contributed by atoms with E-state index in [4.69, 9.17) is 9.16 Å². The van der Waals surface area contributed by atoms with Crippen LogP contribution in [-0.4, -0.2) is 42.1 Å². The van der Waals surface area contributed by atoms with Crippen LogP contribution in [-0.2, 0) is 14.0 Å². The Morgan fingerprint density at radius 1 is 1.03 bits per heavy atom. The maximum Gasteiger partial charge on any atom is 0.306 e. The van der Waals surface area contributed by atoms with E-state index in [0.29, 0.717) is 51.9 Å². The Hall–Kier alpha value is 0.347. The van der Waals surface area contributed by atoms with Crippen molar-refractivity contribution in [2.45, 2.75) is 102 Å². The molecule has 0 radical (unpaired) electrons. The molecule has 188 valence electrons. The Kier molecular flexibility index (Phi) is 6.00. The van der Waals surface area contributed by atoms with Crippen LogP contribution in [0.25, 0.3) is 0 Å². The van der Waals surface area contributed by atoms with Crippen molar-refractivity contribution in [2.24, 2.45) is 46.8 Å². The quantitative estimate of drug-likeness (QED) is 0.300. The third kappa shape index (κ3) is 3.57. The van der Waals surface area contributed by atoms with Crippen molar-refractivity contribution in [3.8, 4) is 0 Å². The van der Waals surface area contributed by atoms with Gasteiger partial charge in [0.25, 0.3) is 0 Å². The molecule has 0 aromatic heterocycles. The van der Waals surface area contributed by atoms with E-state index in [9.17, 15) is 4.79 Å². The summed E-state index contributed by atoms with van der Waals surface area (Å²) in [4.78, 5) is 13.1. The highest BCUT2D eigenvalue weighted by molar-refractivity contribution is 8.17. The Balaban J connectivity index is 1.62. The number of rotatable bonds is 3. The highest BCUT2D eigenvalue weighted by atomic mass is 32.2. The lowest BCUT2D eigenvalue weighted by atomic mass is 9.68. The number of ether oxygens (including phenoxy) is 1. The topological polar surface area (TPSA) is 35.5 Å². The van der Waals surface area contributed by atoms with E-state index in [1.807, 2.05) is 0 Å². The molecule has 2 saturated heterocycles. The van der Waals surface area contributed by atoms with E-state index in [1.54, 1.807) is 0 Å². The molecule has 0 N–H and O–H groups in total. The highest BCUT2D eigenvalue weighted by Crippen LogP contribution is 2.76. The van der Waals surface area contributed by atoms with Gasteiger partial charge in [0.2, 0.25) is 0 Å². The summed E-state index contributed by atoms with van der Waals surface area (Å²) in [6.07, 6.45) is 3.37. The molecule has 9 atom stereocenters. The molecule has 5 fully saturated rings. The number of thioether (sulfide) groups is 2. The molecule has 2 aliphatic heterocycles. The minimum absolute atomic E-state index is 0.0579. The number of hydrogen-bond acceptors (Lipinski definition) is 5. The predicted octanol–water partition coefficient (Wildman–Crippen LogP) is 7.07. The molecule has 3 aliphatic carbocycles. The molecule has 1 spiro atoms. The third-order valence-corrected chi connectivity index (χ3v) is 18.5. The summed E-state index contributed by atoms with van der Waals surface area (Å²) in [7, 11) is -1.95. The molecule has 0 bridgehead atoms. The lowest BCUT2D eigenvalue weighted by molar-refractivity contribution is -0.166. The number of carbonyl (C=O) groups is 1. The van der Waals surface area contributed by atoms with Crippen LogP contribution in [0.15, 0.2) is 0 Å². The first kappa shape index (κ1) is 25.0. The molecule has 3 nitrogen and oxygen atoms in total. The monoisotopic (exact) mass is 510 g/mol. The first-order chi connectivity index (χ1) is 15.2. The minimum Gasteiger partial charge on any atom is -0.458 e. The summed E-state index contributed by atoms with van der Waals surface area (Å²) in [6, 6.07) is 0. The standard InChI is InChI=1S/C27H46O3S2Si/c1-15-13-18-21(26(18,6)7)22(24-31-11-10-12-32-24)27-17(14-19(28)29-27)16(2)23(20(15)27)30-33(8,9)25(3,4)5/h15-18,20-24H,10-14H2,1-9H3/t15-,16-,17-,18-,20-,21-,22-,23-,27-/m1/s1. The largest absolute Gasteiger partial charge is 0.458 e. The van der Waals surface area contributed by atoms with E-state index in [2.05, 4.69) is 85.1 Å². The fraction of sp³-hybridized carbons (Fsp3) is 0.963. The average Bonchev–Trinajstić information content (AvgIpc) is 2.97. The van der Waals surface area contributed by atoms with Gasteiger partial charge < -0.3 is 9.16 Å². The van der Waals surface area contributed by atoms with Crippen molar-refractivity contribution in [3.05, 3.63) is 0 Å². The molecular formula is C27H46O3S2Si. The Morgan fingerprint density at radius 2 is 1.67 bits per heavy atom. The van der Waals surface area contributed by atoms with Gasteiger partial charge in [-0.05, 0) is 71.6 Å². The zero-order valence-corrected chi connectivity index (χ0v) is 24.9. The lowest BCUT2D eigenvalue weighted by Gasteiger charge is -2.48. The zero-order valence-electron chi connectivity index (χ0n) is 22.3. The molecule has 0 aromatic carbocycles. The Labute approximate surface area is 211 Å². The van der Waals surface area contributed by atoms with Crippen molar-refractivity contribution >= 4 is 37.8 Å². The summed E-state index contributed by atoms with van der Waals surface area (Å²) in [5.41, 5.74) is 0.0243. The molecule has 0 aromatic rings. The van der Waals surface area contributed by atoms with Crippen molar-refractivity contribution in [1.29, 1.82) is 0 Å². The van der Waals surface area contributed by atoms with Crippen molar-refractivity contribution in [1.82, 2.24) is 0 Å². The molecule has 2 heterocycles. The number of carbonyl (C=O) groups excluding carboxylic acids is 1. The van der Waals surface area contributed by atoms with Gasteiger partial charge in [-0.15, -0.1) is 23.5 Å². The maximum atomic E-state index is 13.1. The van der Waals surface area contributed by atoms with Crippen molar-refractivity contribution in [3.63, 3.8) is 0 Å². The van der Waals surface area contributed by atoms with E-state index in [1.165, 1.54) is 24.3 Å². The molecule has 3 saturated carbocycles. The van der Waals surface area contributed by atoms with Crippen molar-refractivity contribution < 1.29 is 14.0 Å². The van der Waals surface area contributed by atoms with E-state index in [0.717, 1.165) is 5.92 Å². The zero-order chi connectivity index (χ0) is 24.1. The number of hydrogen-bond donors (Lipinski definition) is 0. The summed E-state index contributed by atoms with van der Waals surface area (Å²) in [5, 5.41) is 0.181. The van der Waals surface area contributed by atoms with Crippen LogP contribution in [0.4, 0.5) is 0 Å². The van der Waals surface area contributed by atoms with Crippen LogP contribution < -0.4 is 0 Å². The van der Waals surface area contributed by atoms with Gasteiger partial charge in [0, 0.05) is 17.8 Å². The normalized spacial score (nSPS) is 47.4. The lowest BCUT2D eigenvalue weighted by Crippen LogP contribution is -2.55. The first-order valence-corrected chi connectivity index (χ1v) is 18.4. The fourth-order valence-corrected chi connectivity index (χ4v) is 13.1. The Morgan fingerprint density at radius 3 is 2.27 bits per heavy atom. The number of fused-ring (bicyclic) bond motifs is 1. The van der Waals surface area contributed by atoms with Gasteiger partial charge in [-0.1, -0.05) is 48.5 Å². The van der Waals surface area contributed by atoms with Gasteiger partial charge in [-0.2, -0.15) is 0 Å².